The fraction of sp³-hybridized carbons (Fsp3) is 0.455. The Kier molecular flexibility index (Phi) is 4.91. The number of hydrogen-bond donors (Lipinski definition) is 1. The molecule has 0 aliphatic rings. The van der Waals surface area contributed by atoms with Gasteiger partial charge in [0.1, 0.15) is 0 Å². The van der Waals surface area contributed by atoms with Crippen LogP contribution in [0.5, 0.6) is 0 Å². The third kappa shape index (κ3) is 5.04. The molecule has 0 atom stereocenters. The molecule has 1 rings (SSSR count). The van der Waals surface area contributed by atoms with E-state index in [9.17, 15) is 4.79 Å². The number of nitrogens with one attached hydrogen (secondary N) is 1. The Labute approximate surface area is 98.4 Å². The van der Waals surface area contributed by atoms with E-state index >= 15 is 0 Å². The summed E-state index contributed by atoms with van der Waals surface area (Å²) in [5.41, 5.74) is 0.944. The summed E-state index contributed by atoms with van der Waals surface area (Å²) in [6, 6.07) is 2.26. The van der Waals surface area contributed by atoms with Gasteiger partial charge in [0.05, 0.1) is 6.54 Å². The molecular weight excluding hydrogens is 256 g/mol. The Morgan fingerprint density at radius 2 is 2.27 bits per heavy atom. The van der Waals surface area contributed by atoms with Gasteiger partial charge in [0, 0.05) is 29.3 Å². The van der Waals surface area contributed by atoms with E-state index in [1.165, 1.54) is 0 Å². The molecule has 0 amide bonds. The van der Waals surface area contributed by atoms with Crippen LogP contribution in [-0.4, -0.2) is 23.4 Å². The lowest BCUT2D eigenvalue weighted by molar-refractivity contribution is -0.117. The van der Waals surface area contributed by atoms with E-state index in [4.69, 9.17) is 0 Å². The Bertz CT molecular complexity index is 339. The lowest BCUT2D eigenvalue weighted by Crippen LogP contribution is -2.29. The summed E-state index contributed by atoms with van der Waals surface area (Å²) in [5.74, 6) is 0.184. The molecule has 1 N–H and O–H groups in total. The van der Waals surface area contributed by atoms with Gasteiger partial charge in [0.15, 0.2) is 5.78 Å². The summed E-state index contributed by atoms with van der Waals surface area (Å²) in [6.45, 7) is 4.46. The van der Waals surface area contributed by atoms with Crippen molar-refractivity contribution < 1.29 is 4.79 Å². The van der Waals surface area contributed by atoms with E-state index in [1.807, 2.05) is 19.9 Å². The molecule has 82 valence electrons. The number of rotatable bonds is 5. The molecule has 0 aromatic carbocycles. The standard InChI is InChI=1S/C11H15BrN2O/c1-8(2)14-7-11(15)4-9-3-10(12)6-13-5-9/h3,5-6,8,14H,4,7H2,1-2H3. The number of carbonyl (C=O) groups is 1. The first-order valence-electron chi connectivity index (χ1n) is 4.92. The van der Waals surface area contributed by atoms with Gasteiger partial charge in [-0.2, -0.15) is 0 Å². The zero-order valence-corrected chi connectivity index (χ0v) is 10.5. The predicted octanol–water partition coefficient (Wildman–Crippen LogP) is 1.95. The Hall–Kier alpha value is -0.740. The number of halogens is 1. The van der Waals surface area contributed by atoms with Crippen LogP contribution in [0.4, 0.5) is 0 Å². The summed E-state index contributed by atoms with van der Waals surface area (Å²) in [7, 11) is 0. The normalized spacial score (nSPS) is 10.7. The lowest BCUT2D eigenvalue weighted by Gasteiger charge is -2.06. The van der Waals surface area contributed by atoms with Gasteiger partial charge in [0.2, 0.25) is 0 Å². The Balaban J connectivity index is 2.44. The monoisotopic (exact) mass is 270 g/mol. The lowest BCUT2D eigenvalue weighted by atomic mass is 10.1. The van der Waals surface area contributed by atoms with Gasteiger partial charge >= 0.3 is 0 Å². The highest BCUT2D eigenvalue weighted by molar-refractivity contribution is 9.10. The van der Waals surface area contributed by atoms with Crippen molar-refractivity contribution in [1.82, 2.24) is 10.3 Å². The maximum atomic E-state index is 11.5. The zero-order chi connectivity index (χ0) is 11.3. The van der Waals surface area contributed by atoms with Crippen LogP contribution in [0.25, 0.3) is 0 Å². The Morgan fingerprint density at radius 1 is 1.53 bits per heavy atom. The number of pyridine rings is 1. The predicted molar refractivity (Wildman–Crippen MR) is 63.8 cm³/mol. The first-order chi connectivity index (χ1) is 7.08. The highest BCUT2D eigenvalue weighted by Gasteiger charge is 2.04. The highest BCUT2D eigenvalue weighted by Crippen LogP contribution is 2.09. The molecule has 1 heterocycles. The minimum absolute atomic E-state index is 0.184. The second kappa shape index (κ2) is 5.98. The molecular formula is C11H15BrN2O. The summed E-state index contributed by atoms with van der Waals surface area (Å²) in [6.07, 6.45) is 3.87. The van der Waals surface area contributed by atoms with Crippen molar-refractivity contribution >= 4 is 21.7 Å². The molecule has 0 aliphatic heterocycles. The number of aromatic nitrogens is 1. The van der Waals surface area contributed by atoms with Gasteiger partial charge in [-0.25, -0.2) is 0 Å². The number of ketones is 1. The van der Waals surface area contributed by atoms with Crippen LogP contribution in [0, 0.1) is 0 Å². The van der Waals surface area contributed by atoms with Crippen molar-refractivity contribution in [3.63, 3.8) is 0 Å². The molecule has 0 spiro atoms. The highest BCUT2D eigenvalue weighted by atomic mass is 79.9. The van der Waals surface area contributed by atoms with E-state index in [1.54, 1.807) is 12.4 Å². The number of carbonyl (C=O) groups excluding carboxylic acids is 1. The summed E-state index contributed by atoms with van der Waals surface area (Å²) in [4.78, 5) is 15.5. The molecule has 4 heteroatoms. The van der Waals surface area contributed by atoms with Crippen molar-refractivity contribution in [2.45, 2.75) is 26.3 Å². The summed E-state index contributed by atoms with van der Waals surface area (Å²) in [5, 5.41) is 3.10. The molecule has 1 aromatic heterocycles. The fourth-order valence-electron chi connectivity index (χ4n) is 1.16. The Morgan fingerprint density at radius 3 is 2.87 bits per heavy atom. The number of Topliss-reactive ketones (excluding diaryl/α,β-unsaturated/α-hetero) is 1. The van der Waals surface area contributed by atoms with Gasteiger partial charge in [-0.1, -0.05) is 13.8 Å². The third-order valence-corrected chi connectivity index (χ3v) is 2.30. The van der Waals surface area contributed by atoms with Gasteiger partial charge in [-0.15, -0.1) is 0 Å². The minimum Gasteiger partial charge on any atom is -0.308 e. The van der Waals surface area contributed by atoms with Crippen molar-refractivity contribution in [3.05, 3.63) is 28.5 Å². The van der Waals surface area contributed by atoms with E-state index < -0.39 is 0 Å². The summed E-state index contributed by atoms with van der Waals surface area (Å²) >= 11 is 3.32. The smallest absolute Gasteiger partial charge is 0.151 e. The second-order valence-corrected chi connectivity index (χ2v) is 4.68. The minimum atomic E-state index is 0.184. The van der Waals surface area contributed by atoms with Crippen LogP contribution in [0.1, 0.15) is 19.4 Å². The number of hydrogen-bond acceptors (Lipinski definition) is 3. The first kappa shape index (κ1) is 12.3. The van der Waals surface area contributed by atoms with Gasteiger partial charge in [0.25, 0.3) is 0 Å². The molecule has 0 saturated heterocycles. The fourth-order valence-corrected chi connectivity index (χ4v) is 1.57. The van der Waals surface area contributed by atoms with Crippen LogP contribution in [0.15, 0.2) is 22.9 Å². The van der Waals surface area contributed by atoms with Crippen LogP contribution in [-0.2, 0) is 11.2 Å². The average molecular weight is 271 g/mol. The van der Waals surface area contributed by atoms with E-state index in [0.717, 1.165) is 10.0 Å². The van der Waals surface area contributed by atoms with Crippen LogP contribution < -0.4 is 5.32 Å². The molecule has 0 saturated carbocycles. The van der Waals surface area contributed by atoms with E-state index in [-0.39, 0.29) is 5.78 Å². The molecule has 15 heavy (non-hydrogen) atoms. The maximum Gasteiger partial charge on any atom is 0.151 e. The summed E-state index contributed by atoms with van der Waals surface area (Å²) < 4.78 is 0.907. The zero-order valence-electron chi connectivity index (χ0n) is 8.96. The first-order valence-corrected chi connectivity index (χ1v) is 5.71. The molecule has 0 aliphatic carbocycles. The van der Waals surface area contributed by atoms with Crippen LogP contribution in [0.3, 0.4) is 0 Å². The topological polar surface area (TPSA) is 42.0 Å². The van der Waals surface area contributed by atoms with Crippen LogP contribution in [0.2, 0.25) is 0 Å². The molecule has 0 fully saturated rings. The van der Waals surface area contributed by atoms with E-state index in [2.05, 4.69) is 26.2 Å². The molecule has 3 nitrogen and oxygen atoms in total. The molecule has 1 aromatic rings. The third-order valence-electron chi connectivity index (χ3n) is 1.87. The van der Waals surface area contributed by atoms with E-state index in [0.29, 0.717) is 19.0 Å². The SMILES string of the molecule is CC(C)NCC(=O)Cc1cncc(Br)c1. The van der Waals surface area contributed by atoms with Crippen molar-refractivity contribution in [3.8, 4) is 0 Å². The quantitative estimate of drug-likeness (QED) is 0.890. The van der Waals surface area contributed by atoms with Gasteiger partial charge < -0.3 is 5.32 Å². The van der Waals surface area contributed by atoms with Gasteiger partial charge in [-0.3, -0.25) is 9.78 Å². The maximum absolute atomic E-state index is 11.5. The molecule has 0 radical (unpaired) electrons. The van der Waals surface area contributed by atoms with Crippen molar-refractivity contribution in [2.75, 3.05) is 6.54 Å². The number of nitrogens with zero attached hydrogens (tertiary/aromatic N) is 1. The largest absolute Gasteiger partial charge is 0.308 e. The van der Waals surface area contributed by atoms with Crippen molar-refractivity contribution in [1.29, 1.82) is 0 Å². The molecule has 0 bridgehead atoms. The van der Waals surface area contributed by atoms with Crippen molar-refractivity contribution in [2.24, 2.45) is 0 Å². The molecule has 0 unspecified atom stereocenters. The van der Waals surface area contributed by atoms with Crippen LogP contribution >= 0.6 is 15.9 Å². The second-order valence-electron chi connectivity index (χ2n) is 3.76. The van der Waals surface area contributed by atoms with Gasteiger partial charge in [-0.05, 0) is 27.6 Å². The average Bonchev–Trinajstić information content (AvgIpc) is 2.15.